The number of hydrogen-bond acceptors (Lipinski definition) is 5. The van der Waals surface area contributed by atoms with Crippen LogP contribution in [0.2, 0.25) is 0 Å². The second-order valence-electron chi connectivity index (χ2n) is 6.65. The summed E-state index contributed by atoms with van der Waals surface area (Å²) < 4.78 is 26.9. The Hall–Kier alpha value is -3.04. The van der Waals surface area contributed by atoms with E-state index in [0.717, 1.165) is 5.56 Å². The molecule has 3 N–H and O–H groups in total. The standard InChI is InChI=1S/C21H24N2O6S/c1-2-16-10-6-7-11-17(16)20(26)22-21(27)18(14-19(24)25)23-30(28,29)13-12-15-8-4-3-5-9-15/h3-11,18,23H,2,12-14H2,1H3,(H,24,25)(H,22,26,27)/t18-/m0/s1. The van der Waals surface area contributed by atoms with E-state index in [2.05, 4.69) is 10.0 Å². The van der Waals surface area contributed by atoms with E-state index in [4.69, 9.17) is 5.11 Å². The van der Waals surface area contributed by atoms with Gasteiger partial charge in [-0.05, 0) is 30.0 Å². The van der Waals surface area contributed by atoms with E-state index in [0.29, 0.717) is 12.0 Å². The summed E-state index contributed by atoms with van der Waals surface area (Å²) in [5.74, 6) is -3.43. The van der Waals surface area contributed by atoms with E-state index in [1.165, 1.54) is 6.07 Å². The van der Waals surface area contributed by atoms with Gasteiger partial charge in [-0.25, -0.2) is 13.1 Å². The Labute approximate surface area is 175 Å². The SMILES string of the molecule is CCc1ccccc1C(=O)NC(=O)[C@H](CC(=O)O)NS(=O)(=O)CCc1ccccc1. The molecule has 8 nitrogen and oxygen atoms in total. The number of carbonyl (C=O) groups is 3. The van der Waals surface area contributed by atoms with Crippen molar-refractivity contribution in [1.82, 2.24) is 10.0 Å². The van der Waals surface area contributed by atoms with Crippen LogP contribution in [-0.4, -0.2) is 43.1 Å². The first kappa shape index (κ1) is 23.2. The fraction of sp³-hybridized carbons (Fsp3) is 0.286. The number of carbonyl (C=O) groups excluding carboxylic acids is 2. The number of carboxylic acid groups (broad SMARTS) is 1. The average Bonchev–Trinajstić information content (AvgIpc) is 2.72. The van der Waals surface area contributed by atoms with E-state index in [9.17, 15) is 22.8 Å². The highest BCUT2D eigenvalue weighted by Crippen LogP contribution is 2.10. The van der Waals surface area contributed by atoms with Crippen molar-refractivity contribution in [2.45, 2.75) is 32.2 Å². The fourth-order valence-electron chi connectivity index (χ4n) is 2.85. The second-order valence-corrected chi connectivity index (χ2v) is 8.53. The van der Waals surface area contributed by atoms with Crippen molar-refractivity contribution in [3.63, 3.8) is 0 Å². The van der Waals surface area contributed by atoms with Crippen LogP contribution in [0.5, 0.6) is 0 Å². The monoisotopic (exact) mass is 432 g/mol. The van der Waals surface area contributed by atoms with Crippen LogP contribution in [0.4, 0.5) is 0 Å². The van der Waals surface area contributed by atoms with Gasteiger partial charge in [0.1, 0.15) is 6.04 Å². The van der Waals surface area contributed by atoms with Crippen LogP contribution >= 0.6 is 0 Å². The summed E-state index contributed by atoms with van der Waals surface area (Å²) in [7, 11) is -3.97. The summed E-state index contributed by atoms with van der Waals surface area (Å²) in [5, 5.41) is 11.2. The van der Waals surface area contributed by atoms with Crippen LogP contribution in [0.15, 0.2) is 54.6 Å². The molecule has 0 unspecified atom stereocenters. The van der Waals surface area contributed by atoms with E-state index in [1.807, 2.05) is 6.92 Å². The maximum atomic E-state index is 12.5. The summed E-state index contributed by atoms with van der Waals surface area (Å²) in [6.45, 7) is 1.85. The summed E-state index contributed by atoms with van der Waals surface area (Å²) in [6, 6.07) is 13.9. The van der Waals surface area contributed by atoms with Gasteiger partial charge in [0.25, 0.3) is 5.91 Å². The minimum atomic E-state index is -3.97. The molecule has 2 rings (SSSR count). The van der Waals surface area contributed by atoms with Gasteiger partial charge >= 0.3 is 5.97 Å². The lowest BCUT2D eigenvalue weighted by molar-refractivity contribution is -0.139. The molecule has 0 heterocycles. The van der Waals surface area contributed by atoms with E-state index < -0.39 is 40.3 Å². The predicted octanol–water partition coefficient (Wildman–Crippen LogP) is 1.51. The first-order valence-electron chi connectivity index (χ1n) is 9.40. The Balaban J connectivity index is 2.09. The van der Waals surface area contributed by atoms with Crippen LogP contribution in [0.1, 0.15) is 34.8 Å². The minimum Gasteiger partial charge on any atom is -0.481 e. The normalized spacial score (nSPS) is 12.2. The lowest BCUT2D eigenvalue weighted by Gasteiger charge is -2.17. The van der Waals surface area contributed by atoms with Gasteiger partial charge in [-0.15, -0.1) is 0 Å². The van der Waals surface area contributed by atoms with Gasteiger partial charge in [-0.1, -0.05) is 55.5 Å². The quantitative estimate of drug-likeness (QED) is 0.522. The lowest BCUT2D eigenvalue weighted by Crippen LogP contribution is -2.50. The van der Waals surface area contributed by atoms with Gasteiger partial charge in [0, 0.05) is 5.56 Å². The van der Waals surface area contributed by atoms with Crippen molar-refractivity contribution < 1.29 is 27.9 Å². The van der Waals surface area contributed by atoms with Gasteiger partial charge in [-0.3, -0.25) is 19.7 Å². The highest BCUT2D eigenvalue weighted by molar-refractivity contribution is 7.89. The first-order chi connectivity index (χ1) is 14.2. The Morgan fingerprint density at radius 1 is 1.00 bits per heavy atom. The molecule has 1 atom stereocenters. The van der Waals surface area contributed by atoms with E-state index in [1.54, 1.807) is 48.5 Å². The number of imide groups is 1. The number of carboxylic acids is 1. The third-order valence-corrected chi connectivity index (χ3v) is 5.78. The predicted molar refractivity (Wildman–Crippen MR) is 111 cm³/mol. The fourth-order valence-corrected chi connectivity index (χ4v) is 4.10. The van der Waals surface area contributed by atoms with Crippen LogP contribution in [0.25, 0.3) is 0 Å². The molecule has 0 saturated heterocycles. The third kappa shape index (κ3) is 7.09. The molecule has 2 aromatic carbocycles. The third-order valence-electron chi connectivity index (χ3n) is 4.40. The molecule has 30 heavy (non-hydrogen) atoms. The molecule has 0 aliphatic rings. The van der Waals surface area contributed by atoms with Gasteiger partial charge in [0.2, 0.25) is 15.9 Å². The zero-order valence-corrected chi connectivity index (χ0v) is 17.3. The summed E-state index contributed by atoms with van der Waals surface area (Å²) in [4.78, 5) is 36.1. The van der Waals surface area contributed by atoms with E-state index in [-0.39, 0.29) is 17.7 Å². The maximum Gasteiger partial charge on any atom is 0.305 e. The number of nitrogens with one attached hydrogen (secondary N) is 2. The smallest absolute Gasteiger partial charge is 0.305 e. The number of aryl methyl sites for hydroxylation is 2. The molecule has 0 bridgehead atoms. The molecule has 2 aromatic rings. The average molecular weight is 432 g/mol. The Morgan fingerprint density at radius 2 is 1.63 bits per heavy atom. The lowest BCUT2D eigenvalue weighted by atomic mass is 10.0. The summed E-state index contributed by atoms with van der Waals surface area (Å²) in [5.41, 5.74) is 1.77. The van der Waals surface area contributed by atoms with Crippen molar-refractivity contribution in [2.24, 2.45) is 0 Å². The van der Waals surface area contributed by atoms with Crippen molar-refractivity contribution in [3.8, 4) is 0 Å². The topological polar surface area (TPSA) is 130 Å². The summed E-state index contributed by atoms with van der Waals surface area (Å²) >= 11 is 0. The van der Waals surface area contributed by atoms with Gasteiger partial charge in [-0.2, -0.15) is 0 Å². The molecule has 0 spiro atoms. The molecule has 0 aliphatic carbocycles. The van der Waals surface area contributed by atoms with Crippen LogP contribution < -0.4 is 10.0 Å². The molecule has 9 heteroatoms. The Morgan fingerprint density at radius 3 is 2.27 bits per heavy atom. The number of benzene rings is 2. The van der Waals surface area contributed by atoms with Crippen molar-refractivity contribution >= 4 is 27.8 Å². The highest BCUT2D eigenvalue weighted by Gasteiger charge is 2.28. The van der Waals surface area contributed by atoms with E-state index >= 15 is 0 Å². The first-order valence-corrected chi connectivity index (χ1v) is 11.1. The molecule has 0 radical (unpaired) electrons. The zero-order chi connectivity index (χ0) is 22.1. The van der Waals surface area contributed by atoms with Crippen molar-refractivity contribution in [3.05, 3.63) is 71.3 Å². The van der Waals surface area contributed by atoms with Gasteiger partial charge in [0.05, 0.1) is 12.2 Å². The molecule has 0 aromatic heterocycles. The van der Waals surface area contributed by atoms with Crippen molar-refractivity contribution in [2.75, 3.05) is 5.75 Å². The van der Waals surface area contributed by atoms with Crippen molar-refractivity contribution in [1.29, 1.82) is 0 Å². The highest BCUT2D eigenvalue weighted by atomic mass is 32.2. The second kappa shape index (κ2) is 10.7. The molecule has 2 amide bonds. The minimum absolute atomic E-state index is 0.195. The maximum absolute atomic E-state index is 12.5. The number of amides is 2. The molecule has 0 aliphatic heterocycles. The molecular weight excluding hydrogens is 408 g/mol. The molecule has 0 saturated carbocycles. The van der Waals surface area contributed by atoms with Crippen LogP contribution in [0.3, 0.4) is 0 Å². The Bertz CT molecular complexity index is 1010. The number of hydrogen-bond donors (Lipinski definition) is 3. The number of sulfonamides is 1. The van der Waals surface area contributed by atoms with Crippen LogP contribution in [-0.2, 0) is 32.5 Å². The van der Waals surface area contributed by atoms with Crippen LogP contribution in [0, 0.1) is 0 Å². The zero-order valence-electron chi connectivity index (χ0n) is 16.5. The van der Waals surface area contributed by atoms with Gasteiger partial charge in [0.15, 0.2) is 0 Å². The summed E-state index contributed by atoms with van der Waals surface area (Å²) in [6.07, 6.45) is -0.0397. The molecular formula is C21H24N2O6S. The van der Waals surface area contributed by atoms with Gasteiger partial charge < -0.3 is 5.11 Å². The molecule has 160 valence electrons. The number of rotatable bonds is 10. The number of aliphatic carboxylic acids is 1. The molecule has 0 fully saturated rings. The Kier molecular flexibility index (Phi) is 8.25. The largest absolute Gasteiger partial charge is 0.481 e.